The molecule has 0 fully saturated rings. The molecule has 0 atom stereocenters. The van der Waals surface area contributed by atoms with Crippen molar-refractivity contribution < 1.29 is 17.9 Å². The van der Waals surface area contributed by atoms with Gasteiger partial charge in [-0.2, -0.15) is 9.40 Å². The Hall–Kier alpha value is -2.46. The first-order chi connectivity index (χ1) is 11.9. The number of hydrogen-bond acceptors (Lipinski definition) is 6. The molecule has 2 aromatic heterocycles. The van der Waals surface area contributed by atoms with Crippen LogP contribution < -0.4 is 10.1 Å². The van der Waals surface area contributed by atoms with Crippen molar-refractivity contribution in [2.24, 2.45) is 0 Å². The normalized spacial score (nSPS) is 14.8. The van der Waals surface area contributed by atoms with Crippen molar-refractivity contribution in [3.63, 3.8) is 0 Å². The second-order valence-corrected chi connectivity index (χ2v) is 7.70. The van der Waals surface area contributed by atoms with Crippen molar-refractivity contribution in [3.05, 3.63) is 41.3 Å². The lowest BCUT2D eigenvalue weighted by Crippen LogP contribution is -2.37. The third-order valence-electron chi connectivity index (χ3n) is 3.92. The molecule has 0 aromatic carbocycles. The van der Waals surface area contributed by atoms with Gasteiger partial charge in [-0.1, -0.05) is 0 Å². The fraction of sp³-hybridized carbons (Fsp3) is 0.400. The molecule has 0 bridgehead atoms. The number of nitrogens with one attached hydrogen (secondary N) is 1. The highest BCUT2D eigenvalue weighted by atomic mass is 32.2. The van der Waals surface area contributed by atoms with Gasteiger partial charge in [-0.05, 0) is 12.1 Å². The number of sulfonamides is 1. The molecule has 3 heterocycles. The zero-order chi connectivity index (χ0) is 18.0. The van der Waals surface area contributed by atoms with E-state index in [-0.39, 0.29) is 12.5 Å². The summed E-state index contributed by atoms with van der Waals surface area (Å²) in [4.78, 5) is 16.1. The van der Waals surface area contributed by atoms with Gasteiger partial charge >= 0.3 is 0 Å². The van der Waals surface area contributed by atoms with E-state index in [1.165, 1.54) is 23.9 Å². The molecule has 0 radical (unpaired) electrons. The molecule has 9 nitrogen and oxygen atoms in total. The molecule has 1 aliphatic rings. The monoisotopic (exact) mass is 365 g/mol. The minimum atomic E-state index is -3.22. The molecule has 0 saturated carbocycles. The fourth-order valence-corrected chi connectivity index (χ4v) is 3.36. The molecule has 2 aromatic rings. The number of methoxy groups -OCH3 is 1. The lowest BCUT2D eigenvalue weighted by Gasteiger charge is -2.25. The molecule has 134 valence electrons. The van der Waals surface area contributed by atoms with Crippen LogP contribution in [0.25, 0.3) is 0 Å². The fourth-order valence-electron chi connectivity index (χ4n) is 2.58. The van der Waals surface area contributed by atoms with Gasteiger partial charge in [-0.3, -0.25) is 9.48 Å². The lowest BCUT2D eigenvalue weighted by atomic mass is 10.2. The number of ether oxygens (including phenoxy) is 1. The summed E-state index contributed by atoms with van der Waals surface area (Å²) in [7, 11) is -1.71. The first-order valence-electron chi connectivity index (χ1n) is 7.66. The van der Waals surface area contributed by atoms with E-state index in [1.807, 2.05) is 6.07 Å². The second-order valence-electron chi connectivity index (χ2n) is 5.72. The molecule has 0 unspecified atom stereocenters. The average molecular weight is 365 g/mol. The van der Waals surface area contributed by atoms with Crippen LogP contribution in [0.5, 0.6) is 5.88 Å². The van der Waals surface area contributed by atoms with E-state index >= 15 is 0 Å². The van der Waals surface area contributed by atoms with Crippen LogP contribution >= 0.6 is 0 Å². The third-order valence-corrected chi connectivity index (χ3v) is 5.17. The highest BCUT2D eigenvalue weighted by Crippen LogP contribution is 2.16. The van der Waals surface area contributed by atoms with E-state index < -0.39 is 10.0 Å². The Labute approximate surface area is 145 Å². The van der Waals surface area contributed by atoms with Crippen molar-refractivity contribution >= 4 is 15.9 Å². The van der Waals surface area contributed by atoms with E-state index in [4.69, 9.17) is 4.74 Å². The summed E-state index contributed by atoms with van der Waals surface area (Å²) >= 11 is 0. The largest absolute Gasteiger partial charge is 0.481 e. The Balaban J connectivity index is 1.63. The molecule has 10 heteroatoms. The minimum absolute atomic E-state index is 0.254. The van der Waals surface area contributed by atoms with E-state index in [9.17, 15) is 13.2 Å². The maximum Gasteiger partial charge on any atom is 0.253 e. The van der Waals surface area contributed by atoms with Gasteiger partial charge in [0.05, 0.1) is 50.0 Å². The summed E-state index contributed by atoms with van der Waals surface area (Å²) in [5.74, 6) is 0.174. The molecule has 0 aliphatic carbocycles. The standard InChI is InChI=1S/C15H19N5O4S/c1-24-14-4-3-11(8-16-14)15(21)17-9-12-7-13-10-19(25(2,22)23)5-6-20(13)18-12/h3-4,7-8H,5-6,9-10H2,1-2H3,(H,17,21). The van der Waals surface area contributed by atoms with Crippen LogP contribution in [-0.4, -0.2) is 53.3 Å². The predicted octanol–water partition coefficient (Wildman–Crippen LogP) is -0.00810. The number of nitrogens with zero attached hydrogens (tertiary/aromatic N) is 4. The van der Waals surface area contributed by atoms with Crippen LogP contribution in [0.3, 0.4) is 0 Å². The summed E-state index contributed by atoms with van der Waals surface area (Å²) in [6.07, 6.45) is 2.64. The van der Waals surface area contributed by atoms with Gasteiger partial charge in [0, 0.05) is 18.8 Å². The number of rotatable bonds is 5. The number of amides is 1. The zero-order valence-corrected chi connectivity index (χ0v) is 14.8. The Morgan fingerprint density at radius 1 is 1.36 bits per heavy atom. The van der Waals surface area contributed by atoms with Gasteiger partial charge in [0.1, 0.15) is 0 Å². The topological polar surface area (TPSA) is 106 Å². The summed E-state index contributed by atoms with van der Waals surface area (Å²) < 4.78 is 31.4. The van der Waals surface area contributed by atoms with Gasteiger partial charge < -0.3 is 10.1 Å². The van der Waals surface area contributed by atoms with Crippen LogP contribution in [0.15, 0.2) is 24.4 Å². The molecule has 25 heavy (non-hydrogen) atoms. The van der Waals surface area contributed by atoms with Gasteiger partial charge in [0.15, 0.2) is 0 Å². The van der Waals surface area contributed by atoms with E-state index in [2.05, 4.69) is 15.4 Å². The van der Waals surface area contributed by atoms with Crippen molar-refractivity contribution in [1.29, 1.82) is 0 Å². The number of carbonyl (C=O) groups is 1. The molecule has 0 saturated heterocycles. The zero-order valence-electron chi connectivity index (χ0n) is 14.0. The Morgan fingerprint density at radius 2 is 2.16 bits per heavy atom. The molecular formula is C15H19N5O4S. The maximum atomic E-state index is 12.1. The Bertz CT molecular complexity index is 876. The molecule has 3 rings (SSSR count). The van der Waals surface area contributed by atoms with Gasteiger partial charge in [0.2, 0.25) is 15.9 Å². The van der Waals surface area contributed by atoms with E-state index in [0.29, 0.717) is 36.8 Å². The summed E-state index contributed by atoms with van der Waals surface area (Å²) in [5, 5.41) is 7.18. The van der Waals surface area contributed by atoms with Crippen LogP contribution in [0.1, 0.15) is 21.7 Å². The minimum Gasteiger partial charge on any atom is -0.481 e. The summed E-state index contributed by atoms with van der Waals surface area (Å²) in [5.41, 5.74) is 1.92. The Morgan fingerprint density at radius 3 is 2.80 bits per heavy atom. The second kappa shape index (κ2) is 6.81. The number of pyridine rings is 1. The Kier molecular flexibility index (Phi) is 4.73. The quantitative estimate of drug-likeness (QED) is 0.799. The van der Waals surface area contributed by atoms with E-state index in [1.54, 1.807) is 16.8 Å². The van der Waals surface area contributed by atoms with Crippen LogP contribution in [0.2, 0.25) is 0 Å². The highest BCUT2D eigenvalue weighted by Gasteiger charge is 2.24. The summed E-state index contributed by atoms with van der Waals surface area (Å²) in [6.45, 7) is 1.45. The highest BCUT2D eigenvalue weighted by molar-refractivity contribution is 7.88. The molecule has 1 N–H and O–H groups in total. The van der Waals surface area contributed by atoms with Gasteiger partial charge in [-0.25, -0.2) is 13.4 Å². The molecule has 1 amide bonds. The van der Waals surface area contributed by atoms with Crippen molar-refractivity contribution in [1.82, 2.24) is 24.4 Å². The van der Waals surface area contributed by atoms with Crippen molar-refractivity contribution in [2.45, 2.75) is 19.6 Å². The van der Waals surface area contributed by atoms with Gasteiger partial charge in [-0.15, -0.1) is 0 Å². The predicted molar refractivity (Wildman–Crippen MR) is 89.4 cm³/mol. The number of hydrogen-bond donors (Lipinski definition) is 1. The van der Waals surface area contributed by atoms with Gasteiger partial charge in [0.25, 0.3) is 5.91 Å². The van der Waals surface area contributed by atoms with Crippen molar-refractivity contribution in [2.75, 3.05) is 19.9 Å². The van der Waals surface area contributed by atoms with Crippen molar-refractivity contribution in [3.8, 4) is 5.88 Å². The third kappa shape index (κ3) is 3.97. The van der Waals surface area contributed by atoms with Crippen LogP contribution in [0.4, 0.5) is 0 Å². The SMILES string of the molecule is COc1ccc(C(=O)NCc2cc3n(n2)CCN(S(C)(=O)=O)C3)cn1. The molecular weight excluding hydrogens is 346 g/mol. The van der Waals surface area contributed by atoms with Crippen LogP contribution in [-0.2, 0) is 29.7 Å². The molecule has 0 spiro atoms. The first kappa shape index (κ1) is 17.4. The molecule has 1 aliphatic heterocycles. The van der Waals surface area contributed by atoms with E-state index in [0.717, 1.165) is 5.69 Å². The first-order valence-corrected chi connectivity index (χ1v) is 9.50. The maximum absolute atomic E-state index is 12.1. The lowest BCUT2D eigenvalue weighted by molar-refractivity contribution is 0.0950. The summed E-state index contributed by atoms with van der Waals surface area (Å²) in [6, 6.07) is 5.05. The smallest absolute Gasteiger partial charge is 0.253 e. The number of carbonyl (C=O) groups excluding carboxylic acids is 1. The number of fused-ring (bicyclic) bond motifs is 1. The number of aromatic nitrogens is 3. The average Bonchev–Trinajstić information content (AvgIpc) is 3.01. The van der Waals surface area contributed by atoms with Crippen LogP contribution in [0, 0.1) is 0 Å².